The van der Waals surface area contributed by atoms with E-state index in [-0.39, 0.29) is 0 Å². The van der Waals surface area contributed by atoms with Gasteiger partial charge in [0.15, 0.2) is 6.10 Å². The Morgan fingerprint density at radius 1 is 1.18 bits per heavy atom. The second kappa shape index (κ2) is 6.57. The van der Waals surface area contributed by atoms with Crippen LogP contribution in [-0.2, 0) is 9.53 Å². The molecule has 3 N–H and O–H groups in total. The summed E-state index contributed by atoms with van der Waals surface area (Å²) < 4.78 is 6.84. The fraction of sp³-hybridized carbons (Fsp3) is 0.133. The Hall–Kier alpha value is -3.09. The molecule has 0 aliphatic carbocycles. The highest BCUT2D eigenvalue weighted by molar-refractivity contribution is 5.98. The molecule has 2 rings (SSSR count). The number of ether oxygens (including phenoxy) is 1. The molecule has 114 valence electrons. The lowest BCUT2D eigenvalue weighted by Gasteiger charge is -2.12. The molecule has 7 nitrogen and oxygen atoms in total. The number of esters is 1. The Morgan fingerprint density at radius 2 is 1.86 bits per heavy atom. The summed E-state index contributed by atoms with van der Waals surface area (Å²) in [7, 11) is 0. The predicted octanol–water partition coefficient (Wildman–Crippen LogP) is 1.22. The third-order valence-electron chi connectivity index (χ3n) is 2.88. The first kappa shape index (κ1) is 15.3. The van der Waals surface area contributed by atoms with E-state index in [4.69, 9.17) is 10.5 Å². The molecule has 1 unspecified atom stereocenters. The number of hydrogen-bond donors (Lipinski definition) is 2. The molecule has 22 heavy (non-hydrogen) atoms. The number of rotatable bonds is 4. The number of aromatic nitrogens is 1. The van der Waals surface area contributed by atoms with Crippen LogP contribution in [0.15, 0.2) is 48.8 Å². The number of nitrogens with one attached hydrogen (secondary N) is 1. The van der Waals surface area contributed by atoms with Crippen molar-refractivity contribution in [2.45, 2.75) is 13.0 Å². The number of carbonyl (C=O) groups excluding carboxylic acids is 3. The number of urea groups is 1. The molecule has 0 saturated carbocycles. The van der Waals surface area contributed by atoms with Gasteiger partial charge in [-0.25, -0.2) is 9.59 Å². The molecule has 1 heterocycles. The first-order valence-corrected chi connectivity index (χ1v) is 6.52. The van der Waals surface area contributed by atoms with Crippen LogP contribution in [0.1, 0.15) is 17.3 Å². The maximum absolute atomic E-state index is 12.0. The molecule has 1 atom stereocenters. The van der Waals surface area contributed by atoms with Gasteiger partial charge in [0.2, 0.25) is 0 Å². The third-order valence-corrected chi connectivity index (χ3v) is 2.88. The summed E-state index contributed by atoms with van der Waals surface area (Å²) in [6.45, 7) is 1.35. The first-order chi connectivity index (χ1) is 10.5. The van der Waals surface area contributed by atoms with Crippen LogP contribution in [0, 0.1) is 0 Å². The van der Waals surface area contributed by atoms with Crippen LogP contribution in [0.3, 0.4) is 0 Å². The average molecular weight is 301 g/mol. The molecule has 1 aromatic carbocycles. The fourth-order valence-corrected chi connectivity index (χ4v) is 1.81. The van der Waals surface area contributed by atoms with Gasteiger partial charge in [-0.2, -0.15) is 0 Å². The zero-order valence-corrected chi connectivity index (χ0v) is 11.9. The molecule has 0 saturated heterocycles. The number of primary amides is 1. The van der Waals surface area contributed by atoms with Gasteiger partial charge in [0, 0.05) is 18.1 Å². The Bertz CT molecular complexity index is 695. The van der Waals surface area contributed by atoms with Gasteiger partial charge in [0.05, 0.1) is 5.56 Å². The van der Waals surface area contributed by atoms with Gasteiger partial charge in [-0.15, -0.1) is 0 Å². The lowest BCUT2D eigenvalue weighted by molar-refractivity contribution is -0.127. The van der Waals surface area contributed by atoms with Gasteiger partial charge in [0.25, 0.3) is 5.91 Å². The molecule has 0 fully saturated rings. The van der Waals surface area contributed by atoms with E-state index in [1.165, 1.54) is 6.92 Å². The largest absolute Gasteiger partial charge is 0.449 e. The average Bonchev–Trinajstić information content (AvgIpc) is 3.00. The monoisotopic (exact) mass is 301 g/mol. The molecular formula is C15H15N3O4. The number of nitrogens with zero attached hydrogens (tertiary/aromatic N) is 1. The molecule has 0 radical (unpaired) electrons. The van der Waals surface area contributed by atoms with Crippen molar-refractivity contribution in [1.82, 2.24) is 9.88 Å². The van der Waals surface area contributed by atoms with Crippen molar-refractivity contribution in [2.75, 3.05) is 0 Å². The second-order valence-electron chi connectivity index (χ2n) is 4.54. The zero-order chi connectivity index (χ0) is 16.1. The molecular weight excluding hydrogens is 286 g/mol. The lowest BCUT2D eigenvalue weighted by atomic mass is 10.2. The van der Waals surface area contributed by atoms with Crippen LogP contribution in [0.2, 0.25) is 0 Å². The Balaban J connectivity index is 2.08. The van der Waals surface area contributed by atoms with Gasteiger partial charge in [-0.3, -0.25) is 10.1 Å². The van der Waals surface area contributed by atoms with E-state index in [2.05, 4.69) is 0 Å². The highest BCUT2D eigenvalue weighted by Gasteiger charge is 2.20. The summed E-state index contributed by atoms with van der Waals surface area (Å²) in [6.07, 6.45) is 2.55. The van der Waals surface area contributed by atoms with E-state index in [0.717, 1.165) is 5.69 Å². The Kier molecular flexibility index (Phi) is 4.57. The lowest BCUT2D eigenvalue weighted by Crippen LogP contribution is -2.42. The van der Waals surface area contributed by atoms with E-state index in [1.807, 2.05) is 40.5 Å². The van der Waals surface area contributed by atoms with Crippen LogP contribution in [0.4, 0.5) is 4.79 Å². The molecule has 0 bridgehead atoms. The molecule has 0 aliphatic rings. The second-order valence-corrected chi connectivity index (χ2v) is 4.54. The van der Waals surface area contributed by atoms with Gasteiger partial charge < -0.3 is 15.0 Å². The van der Waals surface area contributed by atoms with Crippen LogP contribution < -0.4 is 11.1 Å². The van der Waals surface area contributed by atoms with E-state index in [9.17, 15) is 14.4 Å². The first-order valence-electron chi connectivity index (χ1n) is 6.52. The molecule has 0 spiro atoms. The summed E-state index contributed by atoms with van der Waals surface area (Å²) in [5.41, 5.74) is 5.92. The van der Waals surface area contributed by atoms with Crippen molar-refractivity contribution in [3.05, 3.63) is 54.4 Å². The van der Waals surface area contributed by atoms with E-state index < -0.39 is 24.0 Å². The van der Waals surface area contributed by atoms with Crippen molar-refractivity contribution in [3.8, 4) is 5.69 Å². The van der Waals surface area contributed by atoms with Crippen molar-refractivity contribution in [2.24, 2.45) is 5.73 Å². The Labute approximate surface area is 126 Å². The molecule has 1 aromatic heterocycles. The minimum Gasteiger partial charge on any atom is -0.449 e. The van der Waals surface area contributed by atoms with Crippen LogP contribution in [-0.4, -0.2) is 28.6 Å². The van der Waals surface area contributed by atoms with Crippen LogP contribution in [0.5, 0.6) is 0 Å². The molecule has 0 aliphatic heterocycles. The van der Waals surface area contributed by atoms with E-state index in [0.29, 0.717) is 5.56 Å². The molecule has 2 aromatic rings. The van der Waals surface area contributed by atoms with Gasteiger partial charge in [-0.05, 0) is 37.3 Å². The van der Waals surface area contributed by atoms with Crippen molar-refractivity contribution < 1.29 is 19.1 Å². The summed E-state index contributed by atoms with van der Waals surface area (Å²) in [6, 6.07) is 9.49. The number of nitrogens with two attached hydrogens (primary N) is 1. The zero-order valence-electron chi connectivity index (χ0n) is 11.9. The topological polar surface area (TPSA) is 103 Å². The number of hydrogen-bond acceptors (Lipinski definition) is 4. The minimum atomic E-state index is -1.13. The predicted molar refractivity (Wildman–Crippen MR) is 78.4 cm³/mol. The van der Waals surface area contributed by atoms with E-state index in [1.54, 1.807) is 18.2 Å². The van der Waals surface area contributed by atoms with Crippen LogP contribution >= 0.6 is 0 Å². The van der Waals surface area contributed by atoms with Crippen molar-refractivity contribution in [1.29, 1.82) is 0 Å². The maximum atomic E-state index is 12.0. The van der Waals surface area contributed by atoms with Gasteiger partial charge >= 0.3 is 12.0 Å². The fourth-order valence-electron chi connectivity index (χ4n) is 1.81. The number of imide groups is 1. The Morgan fingerprint density at radius 3 is 2.50 bits per heavy atom. The molecule has 7 heteroatoms. The van der Waals surface area contributed by atoms with Gasteiger partial charge in [0.1, 0.15) is 0 Å². The maximum Gasteiger partial charge on any atom is 0.338 e. The summed E-state index contributed by atoms with van der Waals surface area (Å²) >= 11 is 0. The summed E-state index contributed by atoms with van der Waals surface area (Å²) in [4.78, 5) is 34.1. The smallest absolute Gasteiger partial charge is 0.338 e. The number of carbonyl (C=O) groups is 3. The summed E-state index contributed by atoms with van der Waals surface area (Å²) in [5, 5.41) is 1.85. The summed E-state index contributed by atoms with van der Waals surface area (Å²) in [5.74, 6) is -1.44. The number of benzene rings is 1. The third kappa shape index (κ3) is 3.72. The quantitative estimate of drug-likeness (QED) is 0.828. The minimum absolute atomic E-state index is 0.296. The molecule has 3 amide bonds. The number of amides is 3. The normalized spacial score (nSPS) is 11.5. The van der Waals surface area contributed by atoms with Crippen LogP contribution in [0.25, 0.3) is 5.69 Å². The highest BCUT2D eigenvalue weighted by Crippen LogP contribution is 2.12. The van der Waals surface area contributed by atoms with Crippen molar-refractivity contribution >= 4 is 17.9 Å². The van der Waals surface area contributed by atoms with Crippen molar-refractivity contribution in [3.63, 3.8) is 0 Å². The van der Waals surface area contributed by atoms with E-state index >= 15 is 0 Å². The van der Waals surface area contributed by atoms with Gasteiger partial charge in [-0.1, -0.05) is 6.07 Å². The highest BCUT2D eigenvalue weighted by atomic mass is 16.5. The standard InChI is InChI=1S/C15H15N3O4/c1-10(13(19)17-15(16)21)22-14(20)11-5-4-6-12(9-11)18-7-2-3-8-18/h2-10H,1H3,(H3,16,17,19,21). The SMILES string of the molecule is CC(OC(=O)c1cccc(-n2cccc2)c1)C(=O)NC(N)=O.